The highest BCUT2D eigenvalue weighted by Gasteiger charge is 2.35. The molecule has 1 aromatic heterocycles. The molecule has 1 unspecified atom stereocenters. The summed E-state index contributed by atoms with van der Waals surface area (Å²) in [5, 5.41) is 5.74. The molecule has 2 heterocycles. The Morgan fingerprint density at radius 3 is 3.00 bits per heavy atom. The molecule has 1 aliphatic rings. The molecule has 0 saturated carbocycles. The minimum Gasteiger partial charge on any atom is -0.462 e. The Kier molecular flexibility index (Phi) is 3.88. The van der Waals surface area contributed by atoms with E-state index in [4.69, 9.17) is 10.5 Å². The molecule has 106 valence electrons. The average molecular weight is 288 g/mol. The minimum absolute atomic E-state index is 0.0812. The molecule has 0 radical (unpaired) electrons. The van der Waals surface area contributed by atoms with E-state index in [0.29, 0.717) is 13.0 Å². The van der Waals surface area contributed by atoms with E-state index in [1.807, 2.05) is 0 Å². The van der Waals surface area contributed by atoms with Crippen LogP contribution in [0.15, 0.2) is 11.2 Å². The fraction of sp³-hybridized carbons (Fsp3) is 0.600. The number of carbonyl (C=O) groups is 1. The van der Waals surface area contributed by atoms with Gasteiger partial charge in [0.1, 0.15) is 5.56 Å². The Labute approximate surface area is 111 Å². The lowest BCUT2D eigenvalue weighted by atomic mass is 10.3. The van der Waals surface area contributed by atoms with Gasteiger partial charge in [-0.05, 0) is 13.3 Å². The van der Waals surface area contributed by atoms with Gasteiger partial charge in [0.25, 0.3) is 10.0 Å². The second-order valence-corrected chi connectivity index (χ2v) is 6.12. The van der Waals surface area contributed by atoms with Gasteiger partial charge in [0.05, 0.1) is 12.8 Å². The van der Waals surface area contributed by atoms with E-state index in [2.05, 4.69) is 10.2 Å². The molecule has 0 bridgehead atoms. The first-order valence-electron chi connectivity index (χ1n) is 5.93. The number of nitrogens with zero attached hydrogens (tertiary/aromatic N) is 2. The van der Waals surface area contributed by atoms with Crippen LogP contribution in [-0.2, 0) is 14.8 Å². The predicted octanol–water partition coefficient (Wildman–Crippen LogP) is -0.692. The first-order chi connectivity index (χ1) is 8.96. The van der Waals surface area contributed by atoms with Gasteiger partial charge in [0.2, 0.25) is 0 Å². The lowest BCUT2D eigenvalue weighted by molar-refractivity contribution is 0.0521. The van der Waals surface area contributed by atoms with Gasteiger partial charge >= 0.3 is 5.97 Å². The van der Waals surface area contributed by atoms with Crippen LogP contribution in [-0.4, -0.2) is 54.6 Å². The molecular formula is C10H16N4O4S. The van der Waals surface area contributed by atoms with E-state index in [1.165, 1.54) is 4.31 Å². The van der Waals surface area contributed by atoms with Crippen molar-refractivity contribution in [1.82, 2.24) is 14.5 Å². The Morgan fingerprint density at radius 2 is 2.42 bits per heavy atom. The fourth-order valence-corrected chi connectivity index (χ4v) is 3.50. The van der Waals surface area contributed by atoms with Crippen molar-refractivity contribution in [2.45, 2.75) is 24.4 Å². The van der Waals surface area contributed by atoms with Gasteiger partial charge in [-0.1, -0.05) is 0 Å². The molecule has 9 heteroatoms. The number of ether oxygens (including phenoxy) is 1. The second-order valence-electron chi connectivity index (χ2n) is 4.25. The third kappa shape index (κ3) is 2.62. The number of hydrogen-bond donors (Lipinski definition) is 2. The van der Waals surface area contributed by atoms with Crippen LogP contribution in [0.25, 0.3) is 0 Å². The normalized spacial score (nSPS) is 20.6. The molecule has 19 heavy (non-hydrogen) atoms. The molecule has 0 amide bonds. The quantitative estimate of drug-likeness (QED) is 0.708. The van der Waals surface area contributed by atoms with E-state index in [0.717, 1.165) is 6.20 Å². The van der Waals surface area contributed by atoms with Gasteiger partial charge in [-0.25, -0.2) is 13.2 Å². The van der Waals surface area contributed by atoms with Gasteiger partial charge in [-0.2, -0.15) is 9.40 Å². The fourth-order valence-electron chi connectivity index (χ4n) is 1.93. The molecule has 0 spiro atoms. The van der Waals surface area contributed by atoms with Gasteiger partial charge in [-0.3, -0.25) is 5.10 Å². The lowest BCUT2D eigenvalue weighted by Crippen LogP contribution is -2.33. The van der Waals surface area contributed by atoms with E-state index in [9.17, 15) is 13.2 Å². The van der Waals surface area contributed by atoms with Crippen molar-refractivity contribution in [2.75, 3.05) is 19.7 Å². The smallest absolute Gasteiger partial charge is 0.342 e. The van der Waals surface area contributed by atoms with Crippen LogP contribution in [0.4, 0.5) is 0 Å². The summed E-state index contributed by atoms with van der Waals surface area (Å²) in [6.45, 7) is 2.39. The Hall–Kier alpha value is -1.45. The van der Waals surface area contributed by atoms with Crippen molar-refractivity contribution in [3.63, 3.8) is 0 Å². The zero-order chi connectivity index (χ0) is 14.0. The maximum Gasteiger partial charge on any atom is 0.342 e. The standard InChI is InChI=1S/C10H16N4O4S/c1-2-18-10(15)8-5-12-13-9(8)19(16,17)14-4-3-7(11)6-14/h5,7H,2-4,6,11H2,1H3,(H,12,13). The molecule has 1 saturated heterocycles. The summed E-state index contributed by atoms with van der Waals surface area (Å²) in [5.41, 5.74) is 5.62. The van der Waals surface area contributed by atoms with Gasteiger partial charge < -0.3 is 10.5 Å². The van der Waals surface area contributed by atoms with Gasteiger partial charge in [0.15, 0.2) is 5.03 Å². The Balaban J connectivity index is 2.31. The maximum absolute atomic E-state index is 12.4. The summed E-state index contributed by atoms with van der Waals surface area (Å²) in [4.78, 5) is 11.7. The molecule has 0 aliphatic carbocycles. The molecule has 1 atom stereocenters. The van der Waals surface area contributed by atoms with Crippen LogP contribution < -0.4 is 5.73 Å². The zero-order valence-electron chi connectivity index (χ0n) is 10.5. The lowest BCUT2D eigenvalue weighted by Gasteiger charge is -2.15. The van der Waals surface area contributed by atoms with E-state index < -0.39 is 16.0 Å². The Bertz CT molecular complexity index is 568. The van der Waals surface area contributed by atoms with Crippen molar-refractivity contribution >= 4 is 16.0 Å². The van der Waals surface area contributed by atoms with Gasteiger partial charge in [0, 0.05) is 19.1 Å². The molecule has 1 aliphatic heterocycles. The highest BCUT2D eigenvalue weighted by atomic mass is 32.2. The highest BCUT2D eigenvalue weighted by Crippen LogP contribution is 2.22. The number of aromatic nitrogens is 2. The average Bonchev–Trinajstić information content (AvgIpc) is 2.97. The minimum atomic E-state index is -3.79. The monoisotopic (exact) mass is 288 g/mol. The summed E-state index contributed by atoms with van der Waals surface area (Å²) < 4.78 is 30.8. The SMILES string of the molecule is CCOC(=O)c1cn[nH]c1S(=O)(=O)N1CCC(N)C1. The van der Waals surface area contributed by atoms with E-state index >= 15 is 0 Å². The van der Waals surface area contributed by atoms with Crippen molar-refractivity contribution < 1.29 is 17.9 Å². The summed E-state index contributed by atoms with van der Waals surface area (Å²) in [6.07, 6.45) is 1.75. The first-order valence-corrected chi connectivity index (χ1v) is 7.37. The Morgan fingerprint density at radius 1 is 1.68 bits per heavy atom. The number of aromatic amines is 1. The number of esters is 1. The molecule has 1 fully saturated rings. The molecule has 3 N–H and O–H groups in total. The topological polar surface area (TPSA) is 118 Å². The van der Waals surface area contributed by atoms with Crippen LogP contribution in [0, 0.1) is 0 Å². The molecule has 1 aromatic rings. The number of carbonyl (C=O) groups excluding carboxylic acids is 1. The zero-order valence-corrected chi connectivity index (χ0v) is 11.3. The predicted molar refractivity (Wildman–Crippen MR) is 65.9 cm³/mol. The summed E-state index contributed by atoms with van der Waals surface area (Å²) in [7, 11) is -3.79. The van der Waals surface area contributed by atoms with Crippen LogP contribution >= 0.6 is 0 Å². The number of sulfonamides is 1. The first kappa shape index (κ1) is 14.0. The highest BCUT2D eigenvalue weighted by molar-refractivity contribution is 7.89. The largest absolute Gasteiger partial charge is 0.462 e. The van der Waals surface area contributed by atoms with Gasteiger partial charge in [-0.15, -0.1) is 0 Å². The van der Waals surface area contributed by atoms with Crippen molar-refractivity contribution in [1.29, 1.82) is 0 Å². The van der Waals surface area contributed by atoms with E-state index in [-0.39, 0.29) is 29.8 Å². The summed E-state index contributed by atoms with van der Waals surface area (Å²) in [6, 6.07) is -0.177. The van der Waals surface area contributed by atoms with E-state index in [1.54, 1.807) is 6.92 Å². The number of nitrogens with two attached hydrogens (primary N) is 1. The molecule has 8 nitrogen and oxygen atoms in total. The van der Waals surface area contributed by atoms with Crippen LogP contribution in [0.2, 0.25) is 0 Å². The van der Waals surface area contributed by atoms with Crippen LogP contribution in [0.3, 0.4) is 0 Å². The third-order valence-corrected chi connectivity index (χ3v) is 4.72. The number of nitrogens with one attached hydrogen (secondary N) is 1. The maximum atomic E-state index is 12.4. The second kappa shape index (κ2) is 5.27. The summed E-state index contributed by atoms with van der Waals surface area (Å²) >= 11 is 0. The van der Waals surface area contributed by atoms with Crippen LogP contribution in [0.5, 0.6) is 0 Å². The number of hydrogen-bond acceptors (Lipinski definition) is 6. The molecular weight excluding hydrogens is 272 g/mol. The summed E-state index contributed by atoms with van der Waals surface area (Å²) in [5.74, 6) is -0.710. The van der Waals surface area contributed by atoms with Crippen molar-refractivity contribution in [3.8, 4) is 0 Å². The number of rotatable bonds is 4. The van der Waals surface area contributed by atoms with Crippen molar-refractivity contribution in [3.05, 3.63) is 11.8 Å². The number of H-pyrrole nitrogens is 1. The molecule has 2 rings (SSSR count). The van der Waals surface area contributed by atoms with Crippen LogP contribution in [0.1, 0.15) is 23.7 Å². The third-order valence-electron chi connectivity index (χ3n) is 2.89. The molecule has 0 aromatic carbocycles. The van der Waals surface area contributed by atoms with Crippen molar-refractivity contribution in [2.24, 2.45) is 5.73 Å².